The van der Waals surface area contributed by atoms with Crippen LogP contribution in [0.25, 0.3) is 22.5 Å². The van der Waals surface area contributed by atoms with Crippen molar-refractivity contribution in [2.75, 3.05) is 6.61 Å². The minimum atomic E-state index is -4.69. The molecule has 2 atom stereocenters. The van der Waals surface area contributed by atoms with Crippen LogP contribution in [0.15, 0.2) is 61.2 Å². The molecule has 0 radical (unpaired) electrons. The lowest BCUT2D eigenvalue weighted by Crippen LogP contribution is -2.49. The Morgan fingerprint density at radius 1 is 1.07 bits per heavy atom. The molecule has 2 aromatic heterocycles. The monoisotopic (exact) mass is 783 g/mol. The highest BCUT2D eigenvalue weighted by Crippen LogP contribution is 2.49. The summed E-state index contributed by atoms with van der Waals surface area (Å²) in [4.78, 5) is 33.5. The van der Waals surface area contributed by atoms with Crippen LogP contribution in [-0.4, -0.2) is 89.3 Å². The molecule has 1 saturated heterocycles. The van der Waals surface area contributed by atoms with E-state index in [1.807, 2.05) is 49.6 Å². The topological polar surface area (TPSA) is 143 Å². The lowest BCUT2D eigenvalue weighted by molar-refractivity contribution is -0.164. The highest BCUT2D eigenvalue weighted by molar-refractivity contribution is 6.56. The standard InChI is InChI=1S/C34H38B3ClF5N9O3/c1-30(2,3)16-32(21-7-4-18(5-8-21)20-13-46-50(14-20)27(39)40)26(53)51(28(44)48-32)24(15-55-29(54)49-31(10-11-31)33(41,42)43)19-6-9-23(38)22(12-19)25-45-17-47-52(25)34(35,36)37/h4-9,12-14,17,24,27H,10-11,15-16,35-37H2,1-3H3,(H2,44,48)(H,49,54)/t24-,32-/m1/s1. The lowest BCUT2D eigenvalue weighted by Gasteiger charge is -2.35. The van der Waals surface area contributed by atoms with Crippen LogP contribution in [0.4, 0.5) is 26.7 Å². The first-order chi connectivity index (χ1) is 25.5. The number of nitrogens with zero attached hydrogens (tertiary/aromatic N) is 6. The number of amides is 2. The highest BCUT2D eigenvalue weighted by atomic mass is 35.5. The molecule has 2 aromatic carbocycles. The second kappa shape index (κ2) is 14.0. The summed E-state index contributed by atoms with van der Waals surface area (Å²) in [5, 5.41) is 22.0. The maximum Gasteiger partial charge on any atom is 0.411 e. The molecule has 1 aliphatic carbocycles. The summed E-state index contributed by atoms with van der Waals surface area (Å²) in [5.41, 5.74) is -2.27. The Kier molecular flexibility index (Phi) is 10.1. The van der Waals surface area contributed by atoms with E-state index in [1.165, 1.54) is 18.7 Å². The summed E-state index contributed by atoms with van der Waals surface area (Å²) >= 11 is 6.69. The molecule has 55 heavy (non-hydrogen) atoms. The van der Waals surface area contributed by atoms with Crippen LogP contribution >= 0.6 is 11.6 Å². The van der Waals surface area contributed by atoms with E-state index in [1.54, 1.807) is 47.1 Å². The van der Waals surface area contributed by atoms with Gasteiger partial charge in [-0.3, -0.25) is 19.8 Å². The maximum atomic E-state index is 15.0. The van der Waals surface area contributed by atoms with Gasteiger partial charge < -0.3 is 15.4 Å². The molecule has 6 rings (SSSR count). The van der Waals surface area contributed by atoms with Crippen LogP contribution in [0.1, 0.15) is 63.8 Å². The molecule has 3 N–H and O–H groups in total. The Morgan fingerprint density at radius 3 is 2.31 bits per heavy atom. The molecule has 0 unspecified atom stereocenters. The van der Waals surface area contributed by atoms with Crippen LogP contribution in [0.5, 0.6) is 0 Å². The Bertz CT molecular complexity index is 2110. The highest BCUT2D eigenvalue weighted by Gasteiger charge is 2.64. The van der Waals surface area contributed by atoms with E-state index in [-0.39, 0.29) is 30.2 Å². The first-order valence-corrected chi connectivity index (χ1v) is 17.8. The summed E-state index contributed by atoms with van der Waals surface area (Å²) in [6.45, 7) is 2.29. The van der Waals surface area contributed by atoms with Gasteiger partial charge >= 0.3 is 18.8 Å². The molecule has 0 bridgehead atoms. The zero-order valence-electron chi connectivity index (χ0n) is 30.9. The summed E-state index contributed by atoms with van der Waals surface area (Å²) in [6.07, 6.45) is -2.59. The quantitative estimate of drug-likeness (QED) is 0.155. The number of ether oxygens (including phenoxy) is 1. The van der Waals surface area contributed by atoms with E-state index in [4.69, 9.17) is 16.3 Å². The van der Waals surface area contributed by atoms with Crippen molar-refractivity contribution in [3.63, 3.8) is 0 Å². The largest absolute Gasteiger partial charge is 0.447 e. The van der Waals surface area contributed by atoms with Crippen molar-refractivity contribution in [3.8, 4) is 22.5 Å². The second-order valence-electron chi connectivity index (χ2n) is 16.1. The molecule has 2 fully saturated rings. The Balaban J connectivity index is 1.41. The van der Waals surface area contributed by atoms with E-state index in [9.17, 15) is 32.2 Å². The summed E-state index contributed by atoms with van der Waals surface area (Å²) in [7, 11) is 5.75. The summed E-state index contributed by atoms with van der Waals surface area (Å²) in [6, 6.07) is 10.2. The average Bonchev–Trinajstić information content (AvgIpc) is 3.40. The van der Waals surface area contributed by atoms with E-state index < -0.39 is 59.1 Å². The van der Waals surface area contributed by atoms with Crippen molar-refractivity contribution in [3.05, 3.63) is 77.3 Å². The van der Waals surface area contributed by atoms with Gasteiger partial charge in [-0.05, 0) is 58.7 Å². The summed E-state index contributed by atoms with van der Waals surface area (Å²) in [5.74, 6) is -0.559. The van der Waals surface area contributed by atoms with E-state index in [0.717, 1.165) is 4.90 Å². The minimum Gasteiger partial charge on any atom is -0.447 e. The van der Waals surface area contributed by atoms with Gasteiger partial charge in [0.2, 0.25) is 0 Å². The van der Waals surface area contributed by atoms with Gasteiger partial charge in [0.1, 0.15) is 47.6 Å². The lowest BCUT2D eigenvalue weighted by atomic mass is 9.49. The van der Waals surface area contributed by atoms with Crippen LogP contribution in [0.3, 0.4) is 0 Å². The first-order valence-electron chi connectivity index (χ1n) is 17.4. The number of carbonyl (C=O) groups excluding carboxylic acids is 2. The van der Waals surface area contributed by atoms with Gasteiger partial charge in [0, 0.05) is 17.3 Å². The fourth-order valence-electron chi connectivity index (χ4n) is 6.82. The summed E-state index contributed by atoms with van der Waals surface area (Å²) < 4.78 is 75.2. The number of alkyl halides is 5. The SMILES string of the molecule is BC(B)(B)n1ncnc1-c1cc([C@@H](COC(=O)NC2(C(F)(F)F)CC2)N2C(=N)N[C@](CC(C)(C)C)(c3ccc(-c4cnn(C(F)F)c4)cc3)C2=O)ccc1Cl. The molecule has 2 amide bonds. The van der Waals surface area contributed by atoms with Gasteiger partial charge in [0.15, 0.2) is 11.8 Å². The fourth-order valence-corrected chi connectivity index (χ4v) is 7.02. The van der Waals surface area contributed by atoms with E-state index in [2.05, 4.69) is 20.5 Å². The molecule has 1 aliphatic heterocycles. The van der Waals surface area contributed by atoms with Crippen molar-refractivity contribution in [1.29, 1.82) is 5.41 Å². The van der Waals surface area contributed by atoms with Gasteiger partial charge in [-0.15, -0.1) is 0 Å². The van der Waals surface area contributed by atoms with Gasteiger partial charge in [0.25, 0.3) is 5.91 Å². The number of halogens is 6. The number of hydrogen-bond donors (Lipinski definition) is 3. The Hall–Kier alpha value is -4.87. The normalized spacial score (nSPS) is 19.1. The molecule has 2 aliphatic rings. The number of aromatic nitrogens is 5. The van der Waals surface area contributed by atoms with Crippen LogP contribution < -0.4 is 10.6 Å². The zero-order valence-corrected chi connectivity index (χ0v) is 31.7. The number of alkyl carbamates (subject to hydrolysis) is 1. The third kappa shape index (κ3) is 7.82. The van der Waals surface area contributed by atoms with Gasteiger partial charge in [0.05, 0.1) is 17.3 Å². The predicted octanol–water partition coefficient (Wildman–Crippen LogP) is 3.88. The van der Waals surface area contributed by atoms with Crippen molar-refractivity contribution < 1.29 is 36.3 Å². The molecule has 0 spiro atoms. The molecule has 4 aromatic rings. The fraction of sp³-hybridized carbons (Fsp3) is 0.412. The molecule has 1 saturated carbocycles. The Labute approximate surface area is 321 Å². The molecule has 12 nitrogen and oxygen atoms in total. The van der Waals surface area contributed by atoms with Crippen LogP contribution in [-0.2, 0) is 20.3 Å². The molecule has 3 heterocycles. The third-order valence-corrected chi connectivity index (χ3v) is 9.91. The molecular weight excluding hydrogens is 745 g/mol. The van der Waals surface area contributed by atoms with Crippen LogP contribution in [0, 0.1) is 10.8 Å². The maximum absolute atomic E-state index is 15.0. The van der Waals surface area contributed by atoms with Gasteiger partial charge in [-0.25, -0.2) is 14.5 Å². The first kappa shape index (κ1) is 39.8. The van der Waals surface area contributed by atoms with Crippen LogP contribution in [0.2, 0.25) is 5.02 Å². The van der Waals surface area contributed by atoms with Crippen molar-refractivity contribution in [2.45, 2.75) is 75.1 Å². The van der Waals surface area contributed by atoms with Gasteiger partial charge in [-0.2, -0.15) is 32.1 Å². The number of benzene rings is 2. The molecule has 288 valence electrons. The number of rotatable bonds is 11. The smallest absolute Gasteiger partial charge is 0.411 e. The average molecular weight is 784 g/mol. The predicted molar refractivity (Wildman–Crippen MR) is 202 cm³/mol. The molecule has 21 heteroatoms. The minimum absolute atomic E-state index is 0.170. The van der Waals surface area contributed by atoms with E-state index >= 15 is 4.79 Å². The van der Waals surface area contributed by atoms with Crippen molar-refractivity contribution >= 4 is 53.1 Å². The van der Waals surface area contributed by atoms with E-state index in [0.29, 0.717) is 38.3 Å². The van der Waals surface area contributed by atoms with Crippen molar-refractivity contribution in [2.24, 2.45) is 5.41 Å². The number of hydrogen-bond acceptors (Lipinski definition) is 7. The van der Waals surface area contributed by atoms with Gasteiger partial charge in [-0.1, -0.05) is 62.7 Å². The van der Waals surface area contributed by atoms with Crippen molar-refractivity contribution in [1.82, 2.24) is 40.1 Å². The third-order valence-electron chi connectivity index (χ3n) is 9.58. The zero-order chi connectivity index (χ0) is 40.3. The molecular formula is C34H38B3ClF5N9O3. The number of guanidine groups is 1. The second-order valence-corrected chi connectivity index (χ2v) is 16.5. The Morgan fingerprint density at radius 2 is 1.75 bits per heavy atom. The number of nitrogens with one attached hydrogen (secondary N) is 3. The number of carbonyl (C=O) groups is 2.